The molecule has 0 saturated carbocycles. The van der Waals surface area contributed by atoms with Gasteiger partial charge >= 0.3 is 0 Å². The maximum absolute atomic E-state index is 8.75. The third-order valence-electron chi connectivity index (χ3n) is 3.61. The third kappa shape index (κ3) is 4.33. The second kappa shape index (κ2) is 7.03. The largest absolute Gasteiger partial charge is 0.497 e. The van der Waals surface area contributed by atoms with Crippen molar-refractivity contribution in [1.82, 2.24) is 0 Å². The molecule has 1 aromatic rings. The number of oxime groups is 1. The van der Waals surface area contributed by atoms with E-state index in [0.717, 1.165) is 30.8 Å². The van der Waals surface area contributed by atoms with Gasteiger partial charge in [-0.05, 0) is 37.1 Å². The number of nitrogens with two attached hydrogens (primary N) is 1. The molecule has 0 bridgehead atoms. The zero-order valence-electron chi connectivity index (χ0n) is 12.8. The van der Waals surface area contributed by atoms with E-state index >= 15 is 0 Å². The molecule has 0 aromatic heterocycles. The standard InChI is InChI=1S/C15H25N3O2/c1-15(2,14(16)17-19)10-5-11-18(3)12-6-8-13(20-4)9-7-12/h6-9,19H,5,10-11H2,1-4H3,(H2,16,17). The van der Waals surface area contributed by atoms with Gasteiger partial charge in [-0.2, -0.15) is 0 Å². The summed E-state index contributed by atoms with van der Waals surface area (Å²) in [7, 11) is 3.71. The van der Waals surface area contributed by atoms with Crippen LogP contribution < -0.4 is 15.4 Å². The molecular formula is C15H25N3O2. The van der Waals surface area contributed by atoms with E-state index in [1.807, 2.05) is 38.1 Å². The van der Waals surface area contributed by atoms with Crippen LogP contribution in [0, 0.1) is 5.41 Å². The van der Waals surface area contributed by atoms with Crippen molar-refractivity contribution < 1.29 is 9.94 Å². The van der Waals surface area contributed by atoms with E-state index in [1.54, 1.807) is 7.11 Å². The van der Waals surface area contributed by atoms with Crippen LogP contribution in [0.3, 0.4) is 0 Å². The minimum atomic E-state index is -0.282. The van der Waals surface area contributed by atoms with Crippen LogP contribution in [0.4, 0.5) is 5.69 Å². The van der Waals surface area contributed by atoms with Crippen molar-refractivity contribution in [2.75, 3.05) is 25.6 Å². The van der Waals surface area contributed by atoms with Crippen molar-refractivity contribution >= 4 is 11.5 Å². The number of hydrogen-bond donors (Lipinski definition) is 2. The number of benzene rings is 1. The second-order valence-corrected chi connectivity index (χ2v) is 5.59. The summed E-state index contributed by atoms with van der Waals surface area (Å²) >= 11 is 0. The molecule has 0 spiro atoms. The minimum Gasteiger partial charge on any atom is -0.497 e. The van der Waals surface area contributed by atoms with Gasteiger partial charge in [0, 0.05) is 24.7 Å². The van der Waals surface area contributed by atoms with Gasteiger partial charge in [0.25, 0.3) is 0 Å². The van der Waals surface area contributed by atoms with E-state index in [9.17, 15) is 0 Å². The lowest BCUT2D eigenvalue weighted by atomic mass is 9.86. The number of nitrogens with zero attached hydrogens (tertiary/aromatic N) is 2. The van der Waals surface area contributed by atoms with E-state index in [-0.39, 0.29) is 11.3 Å². The molecule has 0 saturated heterocycles. The maximum atomic E-state index is 8.75. The highest BCUT2D eigenvalue weighted by Crippen LogP contribution is 2.24. The topological polar surface area (TPSA) is 71.1 Å². The average Bonchev–Trinajstić information content (AvgIpc) is 2.46. The summed E-state index contributed by atoms with van der Waals surface area (Å²) in [5.41, 5.74) is 6.55. The molecule has 112 valence electrons. The van der Waals surface area contributed by atoms with Gasteiger partial charge in [0.15, 0.2) is 0 Å². The Morgan fingerprint density at radius 1 is 1.35 bits per heavy atom. The predicted molar refractivity (Wildman–Crippen MR) is 82.7 cm³/mol. The van der Waals surface area contributed by atoms with Crippen LogP contribution in [0.1, 0.15) is 26.7 Å². The van der Waals surface area contributed by atoms with E-state index in [4.69, 9.17) is 15.7 Å². The van der Waals surface area contributed by atoms with Gasteiger partial charge in [0.05, 0.1) is 7.11 Å². The highest BCUT2D eigenvalue weighted by atomic mass is 16.5. The quantitative estimate of drug-likeness (QED) is 0.348. The van der Waals surface area contributed by atoms with Crippen LogP contribution in [0.25, 0.3) is 0 Å². The molecule has 0 radical (unpaired) electrons. The van der Waals surface area contributed by atoms with Crippen LogP contribution in [-0.2, 0) is 0 Å². The van der Waals surface area contributed by atoms with Crippen LogP contribution in [-0.4, -0.2) is 31.7 Å². The summed E-state index contributed by atoms with van der Waals surface area (Å²) in [6.45, 7) is 4.87. The summed E-state index contributed by atoms with van der Waals surface area (Å²) in [6, 6.07) is 7.97. The monoisotopic (exact) mass is 279 g/mol. The Labute approximate surface area is 121 Å². The first-order valence-electron chi connectivity index (χ1n) is 6.74. The van der Waals surface area contributed by atoms with Gasteiger partial charge in [-0.3, -0.25) is 0 Å². The number of hydrogen-bond acceptors (Lipinski definition) is 4. The summed E-state index contributed by atoms with van der Waals surface area (Å²) in [5, 5.41) is 11.8. The molecule has 5 nitrogen and oxygen atoms in total. The molecule has 0 amide bonds. The average molecular weight is 279 g/mol. The molecule has 3 N–H and O–H groups in total. The molecule has 0 fully saturated rings. The molecule has 1 aromatic carbocycles. The van der Waals surface area contributed by atoms with Crippen molar-refractivity contribution in [3.63, 3.8) is 0 Å². The van der Waals surface area contributed by atoms with Gasteiger partial charge in [-0.25, -0.2) is 0 Å². The van der Waals surface area contributed by atoms with Gasteiger partial charge in [0.2, 0.25) is 0 Å². The fraction of sp³-hybridized carbons (Fsp3) is 0.533. The van der Waals surface area contributed by atoms with Crippen LogP contribution >= 0.6 is 0 Å². The zero-order chi connectivity index (χ0) is 15.2. The number of rotatable bonds is 7. The molecule has 0 aliphatic carbocycles. The van der Waals surface area contributed by atoms with Crippen LogP contribution in [0.5, 0.6) is 5.75 Å². The Hall–Kier alpha value is -1.91. The zero-order valence-corrected chi connectivity index (χ0v) is 12.8. The first-order valence-corrected chi connectivity index (χ1v) is 6.74. The summed E-state index contributed by atoms with van der Waals surface area (Å²) in [5.74, 6) is 1.14. The normalized spacial score (nSPS) is 12.3. The van der Waals surface area contributed by atoms with E-state index < -0.39 is 0 Å². The van der Waals surface area contributed by atoms with Crippen LogP contribution in [0.2, 0.25) is 0 Å². The molecule has 0 heterocycles. The van der Waals surface area contributed by atoms with Gasteiger partial charge in [0.1, 0.15) is 11.6 Å². The van der Waals surface area contributed by atoms with Crippen molar-refractivity contribution in [2.24, 2.45) is 16.3 Å². The maximum Gasteiger partial charge on any atom is 0.144 e. The molecule has 0 unspecified atom stereocenters. The summed E-state index contributed by atoms with van der Waals surface area (Å²) < 4.78 is 5.14. The highest BCUT2D eigenvalue weighted by molar-refractivity contribution is 5.85. The van der Waals surface area contributed by atoms with E-state index in [0.29, 0.717) is 0 Å². The number of ether oxygens (including phenoxy) is 1. The molecule has 0 atom stereocenters. The minimum absolute atomic E-state index is 0.282. The molecule has 1 rings (SSSR count). The van der Waals surface area contributed by atoms with Gasteiger partial charge < -0.3 is 20.6 Å². The van der Waals surface area contributed by atoms with Crippen molar-refractivity contribution in [2.45, 2.75) is 26.7 Å². The Morgan fingerprint density at radius 2 is 1.95 bits per heavy atom. The fourth-order valence-electron chi connectivity index (χ4n) is 1.99. The van der Waals surface area contributed by atoms with Crippen LogP contribution in [0.15, 0.2) is 29.4 Å². The summed E-state index contributed by atoms with van der Waals surface area (Å²) in [4.78, 5) is 2.18. The van der Waals surface area contributed by atoms with Gasteiger partial charge in [-0.1, -0.05) is 19.0 Å². The van der Waals surface area contributed by atoms with E-state index in [2.05, 4.69) is 17.1 Å². The lowest BCUT2D eigenvalue weighted by Crippen LogP contribution is -2.32. The summed E-state index contributed by atoms with van der Waals surface area (Å²) in [6.07, 6.45) is 1.83. The Balaban J connectivity index is 2.49. The predicted octanol–water partition coefficient (Wildman–Crippen LogP) is 2.68. The second-order valence-electron chi connectivity index (χ2n) is 5.59. The smallest absolute Gasteiger partial charge is 0.144 e. The highest BCUT2D eigenvalue weighted by Gasteiger charge is 2.23. The molecule has 20 heavy (non-hydrogen) atoms. The van der Waals surface area contributed by atoms with E-state index in [1.165, 1.54) is 0 Å². The lowest BCUT2D eigenvalue weighted by Gasteiger charge is -2.25. The van der Waals surface area contributed by atoms with Crippen molar-refractivity contribution in [3.8, 4) is 5.75 Å². The molecule has 0 aliphatic heterocycles. The third-order valence-corrected chi connectivity index (χ3v) is 3.61. The fourth-order valence-corrected chi connectivity index (χ4v) is 1.99. The van der Waals surface area contributed by atoms with Crippen molar-refractivity contribution in [3.05, 3.63) is 24.3 Å². The molecule has 5 heteroatoms. The molecular weight excluding hydrogens is 254 g/mol. The Kier molecular flexibility index (Phi) is 5.67. The first kappa shape index (κ1) is 16.1. The molecule has 0 aliphatic rings. The van der Waals surface area contributed by atoms with Gasteiger partial charge in [-0.15, -0.1) is 0 Å². The number of anilines is 1. The Bertz CT molecular complexity index is 441. The SMILES string of the molecule is COc1ccc(N(C)CCCC(C)(C)C(N)=NO)cc1. The Morgan fingerprint density at radius 3 is 2.45 bits per heavy atom. The number of methoxy groups -OCH3 is 1. The number of amidine groups is 1. The lowest BCUT2D eigenvalue weighted by molar-refractivity contribution is 0.305. The first-order chi connectivity index (χ1) is 9.40. The van der Waals surface area contributed by atoms with Crippen molar-refractivity contribution in [1.29, 1.82) is 0 Å².